The number of nitrogens with one attached hydrogen (secondary N) is 2. The normalized spacial score (nSPS) is 11.8. The van der Waals surface area contributed by atoms with Crippen LogP contribution in [0.4, 0.5) is 24.5 Å². The number of benzene rings is 2. The van der Waals surface area contributed by atoms with Gasteiger partial charge in [-0.25, -0.2) is 13.2 Å². The Morgan fingerprint density at radius 3 is 2.33 bits per heavy atom. The highest BCUT2D eigenvalue weighted by molar-refractivity contribution is 7.92. The molecule has 0 unspecified atom stereocenters. The smallest absolute Gasteiger partial charge is 0.417 e. The van der Waals surface area contributed by atoms with E-state index in [1.54, 1.807) is 18.2 Å². The third kappa shape index (κ3) is 4.74. The molecule has 2 aromatic carbocycles. The van der Waals surface area contributed by atoms with Crippen LogP contribution in [-0.2, 0) is 22.7 Å². The molecule has 0 fully saturated rings. The van der Waals surface area contributed by atoms with E-state index in [0.717, 1.165) is 0 Å². The zero-order valence-corrected chi connectivity index (χ0v) is 15.9. The number of halogens is 3. The Morgan fingerprint density at radius 1 is 1.07 bits per heavy atom. The zero-order chi connectivity index (χ0) is 21.9. The van der Waals surface area contributed by atoms with Gasteiger partial charge in [-0.2, -0.15) is 13.2 Å². The van der Waals surface area contributed by atoms with Crippen molar-refractivity contribution in [2.24, 2.45) is 0 Å². The third-order valence-electron chi connectivity index (χ3n) is 4.00. The second kappa shape index (κ2) is 8.11. The number of hydrogen-bond acceptors (Lipinski definition) is 5. The first-order valence-corrected chi connectivity index (χ1v) is 9.89. The Balaban J connectivity index is 2.09. The molecule has 0 aliphatic rings. The lowest BCUT2D eigenvalue weighted by Gasteiger charge is -2.18. The minimum Gasteiger partial charge on any atom is -0.478 e. The number of alkyl halides is 3. The summed E-state index contributed by atoms with van der Waals surface area (Å²) in [5.74, 6) is -1.25. The van der Waals surface area contributed by atoms with Crippen LogP contribution in [0.25, 0.3) is 0 Å². The van der Waals surface area contributed by atoms with Crippen LogP contribution in [0.1, 0.15) is 21.7 Å². The fourth-order valence-electron chi connectivity index (χ4n) is 2.66. The van der Waals surface area contributed by atoms with Gasteiger partial charge in [-0.1, -0.05) is 18.2 Å². The van der Waals surface area contributed by atoms with E-state index in [0.29, 0.717) is 17.9 Å². The van der Waals surface area contributed by atoms with Crippen LogP contribution in [-0.4, -0.2) is 19.5 Å². The molecule has 1 aromatic heterocycles. The number of carboxylic acid groups (broad SMARTS) is 1. The molecule has 3 N–H and O–H groups in total. The van der Waals surface area contributed by atoms with Crippen molar-refractivity contribution in [3.05, 3.63) is 77.7 Å². The fraction of sp³-hybridized carbons (Fsp3) is 0.105. The van der Waals surface area contributed by atoms with Crippen LogP contribution in [0, 0.1) is 0 Å². The molecule has 0 spiro atoms. The molecular weight excluding hydrogens is 425 g/mol. The van der Waals surface area contributed by atoms with Gasteiger partial charge < -0.3 is 14.8 Å². The highest BCUT2D eigenvalue weighted by Crippen LogP contribution is 2.38. The van der Waals surface area contributed by atoms with E-state index in [1.807, 2.05) is 4.72 Å². The first-order valence-electron chi connectivity index (χ1n) is 8.40. The van der Waals surface area contributed by atoms with Gasteiger partial charge in [0.25, 0.3) is 10.0 Å². The molecule has 0 radical (unpaired) electrons. The van der Waals surface area contributed by atoms with Crippen LogP contribution in [0.3, 0.4) is 0 Å². The Bertz CT molecular complexity index is 1140. The fourth-order valence-corrected chi connectivity index (χ4v) is 3.95. The van der Waals surface area contributed by atoms with Crippen molar-refractivity contribution in [3.8, 4) is 0 Å². The maximum absolute atomic E-state index is 13.7. The Kier molecular flexibility index (Phi) is 5.74. The van der Waals surface area contributed by atoms with Crippen molar-refractivity contribution in [3.63, 3.8) is 0 Å². The molecule has 158 valence electrons. The summed E-state index contributed by atoms with van der Waals surface area (Å²) in [6, 6.07) is 11.3. The standard InChI is InChI=1S/C19H15F3N2O5S/c20-19(21,22)15-10-16(23-11-13-7-4-8-29-13)14(18(25)26)9-17(15)30(27,28)24-12-5-2-1-3-6-12/h1-10,23-24H,11H2,(H,25,26). The van der Waals surface area contributed by atoms with E-state index in [1.165, 1.54) is 30.5 Å². The van der Waals surface area contributed by atoms with E-state index >= 15 is 0 Å². The predicted molar refractivity (Wildman–Crippen MR) is 102 cm³/mol. The predicted octanol–water partition coefficient (Wildman–Crippen LogP) is 4.41. The maximum Gasteiger partial charge on any atom is 0.417 e. The minimum absolute atomic E-state index is 0.0301. The van der Waals surface area contributed by atoms with Gasteiger partial charge in [0.1, 0.15) is 10.7 Å². The number of hydrogen-bond donors (Lipinski definition) is 3. The van der Waals surface area contributed by atoms with Crippen LogP contribution in [0.5, 0.6) is 0 Å². The summed E-state index contributed by atoms with van der Waals surface area (Å²) in [4.78, 5) is 10.4. The highest BCUT2D eigenvalue weighted by atomic mass is 32.2. The number of aromatic carboxylic acids is 1. The maximum atomic E-state index is 13.7. The Hall–Kier alpha value is -3.47. The number of carbonyl (C=O) groups is 1. The van der Waals surface area contributed by atoms with E-state index < -0.39 is 43.9 Å². The highest BCUT2D eigenvalue weighted by Gasteiger charge is 2.39. The topological polar surface area (TPSA) is 109 Å². The summed E-state index contributed by atoms with van der Waals surface area (Å²) < 4.78 is 73.4. The molecule has 3 rings (SSSR count). The molecule has 0 atom stereocenters. The van der Waals surface area contributed by atoms with Gasteiger partial charge in [0, 0.05) is 11.4 Å². The summed E-state index contributed by atoms with van der Waals surface area (Å²) >= 11 is 0. The first kappa shape index (κ1) is 21.2. The number of rotatable bonds is 7. The molecule has 0 saturated heterocycles. The monoisotopic (exact) mass is 440 g/mol. The van der Waals surface area contributed by atoms with E-state index in [4.69, 9.17) is 4.42 Å². The minimum atomic E-state index is -5.06. The van der Waals surface area contributed by atoms with Gasteiger partial charge in [-0.15, -0.1) is 0 Å². The average molecular weight is 440 g/mol. The summed E-state index contributed by atoms with van der Waals surface area (Å²) in [5.41, 5.74) is -2.51. The van der Waals surface area contributed by atoms with Crippen molar-refractivity contribution < 1.29 is 35.9 Å². The van der Waals surface area contributed by atoms with Crippen molar-refractivity contribution in [2.45, 2.75) is 17.6 Å². The molecular formula is C19H15F3N2O5S. The number of sulfonamides is 1. The van der Waals surface area contributed by atoms with Gasteiger partial charge in [0.2, 0.25) is 0 Å². The molecule has 0 amide bonds. The SMILES string of the molecule is O=C(O)c1cc(S(=O)(=O)Nc2ccccc2)c(C(F)(F)F)cc1NCc1ccco1. The molecule has 11 heteroatoms. The molecule has 0 saturated carbocycles. The largest absolute Gasteiger partial charge is 0.478 e. The van der Waals surface area contributed by atoms with E-state index in [2.05, 4.69) is 5.32 Å². The summed E-state index contributed by atoms with van der Waals surface area (Å²) in [7, 11) is -4.74. The van der Waals surface area contributed by atoms with E-state index in [9.17, 15) is 31.5 Å². The van der Waals surface area contributed by atoms with Gasteiger partial charge in [-0.3, -0.25) is 4.72 Å². The van der Waals surface area contributed by atoms with Crippen LogP contribution in [0.15, 0.2) is 70.2 Å². The van der Waals surface area contributed by atoms with Crippen molar-refractivity contribution in [1.82, 2.24) is 0 Å². The molecule has 0 bridgehead atoms. The number of anilines is 2. The number of furan rings is 1. The van der Waals surface area contributed by atoms with Crippen LogP contribution in [0.2, 0.25) is 0 Å². The molecule has 7 nitrogen and oxygen atoms in total. The molecule has 3 aromatic rings. The lowest BCUT2D eigenvalue weighted by Crippen LogP contribution is -2.21. The van der Waals surface area contributed by atoms with Gasteiger partial charge in [0.15, 0.2) is 0 Å². The third-order valence-corrected chi connectivity index (χ3v) is 5.43. The summed E-state index contributed by atoms with van der Waals surface area (Å²) in [6.07, 6.45) is -3.71. The van der Waals surface area contributed by atoms with Crippen LogP contribution < -0.4 is 10.0 Å². The van der Waals surface area contributed by atoms with Crippen LogP contribution >= 0.6 is 0 Å². The van der Waals surface area contributed by atoms with Gasteiger partial charge in [0.05, 0.1) is 23.9 Å². The number of para-hydroxylation sites is 1. The first-order chi connectivity index (χ1) is 14.1. The molecule has 0 aliphatic heterocycles. The summed E-state index contributed by atoms with van der Waals surface area (Å²) in [5, 5.41) is 12.0. The number of carboxylic acids is 1. The second-order valence-electron chi connectivity index (χ2n) is 6.10. The van der Waals surface area contributed by atoms with Crippen molar-refractivity contribution >= 4 is 27.4 Å². The van der Waals surface area contributed by atoms with Crippen molar-refractivity contribution in [1.29, 1.82) is 0 Å². The zero-order valence-electron chi connectivity index (χ0n) is 15.1. The Labute approximate surface area is 169 Å². The average Bonchev–Trinajstić information content (AvgIpc) is 3.19. The lowest BCUT2D eigenvalue weighted by atomic mass is 10.1. The quantitative estimate of drug-likeness (QED) is 0.502. The molecule has 1 heterocycles. The van der Waals surface area contributed by atoms with Crippen molar-refractivity contribution in [2.75, 3.05) is 10.0 Å². The Morgan fingerprint density at radius 2 is 1.77 bits per heavy atom. The van der Waals surface area contributed by atoms with Gasteiger partial charge >= 0.3 is 12.1 Å². The summed E-state index contributed by atoms with van der Waals surface area (Å²) in [6.45, 7) is -0.0983. The van der Waals surface area contributed by atoms with Gasteiger partial charge in [-0.05, 0) is 36.4 Å². The second-order valence-corrected chi connectivity index (χ2v) is 7.75. The lowest BCUT2D eigenvalue weighted by molar-refractivity contribution is -0.139. The molecule has 0 aliphatic carbocycles. The molecule has 30 heavy (non-hydrogen) atoms. The van der Waals surface area contributed by atoms with E-state index in [-0.39, 0.29) is 12.2 Å².